The minimum Gasteiger partial charge on any atom is -0.366 e. The fourth-order valence-electron chi connectivity index (χ4n) is 5.54. The Morgan fingerprint density at radius 1 is 0.872 bits per heavy atom. The summed E-state index contributed by atoms with van der Waals surface area (Å²) < 4.78 is 0. The molecule has 0 unspecified atom stereocenters. The Labute approximate surface area is 237 Å². The third kappa shape index (κ3) is 7.00. The molecule has 1 fully saturated rings. The summed E-state index contributed by atoms with van der Waals surface area (Å²) >= 11 is 6.06. The minimum absolute atomic E-state index is 0.0318. The summed E-state index contributed by atoms with van der Waals surface area (Å²) in [5.74, 6) is -0.415. The minimum atomic E-state index is -0.446. The van der Waals surface area contributed by atoms with Crippen molar-refractivity contribution in [2.45, 2.75) is 65.2 Å². The van der Waals surface area contributed by atoms with E-state index in [1.165, 1.54) is 5.56 Å². The number of piperidine rings is 1. The van der Waals surface area contributed by atoms with Gasteiger partial charge in [0, 0.05) is 65.3 Å². The Hall–Kier alpha value is -3.35. The van der Waals surface area contributed by atoms with Crippen LogP contribution in [0, 0.1) is 0 Å². The van der Waals surface area contributed by atoms with Crippen molar-refractivity contribution in [2.24, 2.45) is 5.73 Å². The van der Waals surface area contributed by atoms with Crippen LogP contribution in [-0.4, -0.2) is 52.8 Å². The van der Waals surface area contributed by atoms with Crippen LogP contribution in [0.2, 0.25) is 5.02 Å². The molecule has 3 aromatic carbocycles. The molecular formula is C32H39ClN4O2. The molecule has 0 saturated carbocycles. The summed E-state index contributed by atoms with van der Waals surface area (Å²) in [4.78, 5) is 31.9. The molecule has 2 amide bonds. The number of nitrogens with two attached hydrogens (primary N) is 1. The lowest BCUT2D eigenvalue weighted by atomic mass is 9.99. The molecule has 0 atom stereocenters. The average molecular weight is 547 g/mol. The maximum absolute atomic E-state index is 13.3. The van der Waals surface area contributed by atoms with Crippen molar-refractivity contribution < 1.29 is 9.59 Å². The van der Waals surface area contributed by atoms with Gasteiger partial charge in [0.05, 0.1) is 0 Å². The zero-order valence-corrected chi connectivity index (χ0v) is 24.1. The van der Waals surface area contributed by atoms with Crippen LogP contribution >= 0.6 is 11.6 Å². The molecule has 206 valence electrons. The summed E-state index contributed by atoms with van der Waals surface area (Å²) in [7, 11) is 0. The van der Waals surface area contributed by atoms with E-state index in [0.29, 0.717) is 11.1 Å². The quantitative estimate of drug-likeness (QED) is 0.332. The summed E-state index contributed by atoms with van der Waals surface area (Å²) in [6.07, 6.45) is 1.92. The molecule has 4 rings (SSSR count). The van der Waals surface area contributed by atoms with Crippen LogP contribution in [-0.2, 0) is 6.54 Å². The molecular weight excluding hydrogens is 508 g/mol. The molecule has 0 spiro atoms. The highest BCUT2D eigenvalue weighted by Gasteiger charge is 2.27. The van der Waals surface area contributed by atoms with Crippen molar-refractivity contribution in [3.05, 3.63) is 94.5 Å². The zero-order valence-electron chi connectivity index (χ0n) is 23.3. The average Bonchev–Trinajstić information content (AvgIpc) is 2.91. The van der Waals surface area contributed by atoms with Gasteiger partial charge in [-0.2, -0.15) is 0 Å². The van der Waals surface area contributed by atoms with Crippen LogP contribution in [0.4, 0.5) is 11.4 Å². The Morgan fingerprint density at radius 2 is 1.49 bits per heavy atom. The SMILES string of the molecule is CC(C)N(C(=O)c1ccc(N(c2cccc(C(N)=O)c2)C2CCN(Cc3ccc(Cl)cc3)CC2)cc1)C(C)C. The lowest BCUT2D eigenvalue weighted by molar-refractivity contribution is 0.0643. The fourth-order valence-corrected chi connectivity index (χ4v) is 5.67. The highest BCUT2D eigenvalue weighted by Crippen LogP contribution is 2.33. The number of rotatable bonds is 9. The molecule has 7 heteroatoms. The summed E-state index contributed by atoms with van der Waals surface area (Å²) in [6, 6.07) is 23.9. The molecule has 6 nitrogen and oxygen atoms in total. The van der Waals surface area contributed by atoms with E-state index in [4.69, 9.17) is 17.3 Å². The number of hydrogen-bond acceptors (Lipinski definition) is 4. The Kier molecular flexibility index (Phi) is 9.31. The van der Waals surface area contributed by atoms with E-state index in [-0.39, 0.29) is 24.0 Å². The molecule has 3 aromatic rings. The van der Waals surface area contributed by atoms with Crippen LogP contribution in [0.3, 0.4) is 0 Å². The number of hydrogen-bond donors (Lipinski definition) is 1. The monoisotopic (exact) mass is 546 g/mol. The second kappa shape index (κ2) is 12.7. The van der Waals surface area contributed by atoms with E-state index in [9.17, 15) is 9.59 Å². The molecule has 39 heavy (non-hydrogen) atoms. The van der Waals surface area contributed by atoms with Gasteiger partial charge in [-0.05, 0) is 101 Å². The van der Waals surface area contributed by atoms with Crippen LogP contribution in [0.25, 0.3) is 0 Å². The van der Waals surface area contributed by atoms with E-state index in [1.54, 1.807) is 6.07 Å². The first kappa shape index (κ1) is 28.7. The first-order chi connectivity index (χ1) is 18.6. The number of carbonyl (C=O) groups is 2. The van der Waals surface area contributed by atoms with Gasteiger partial charge in [0.15, 0.2) is 0 Å². The zero-order chi connectivity index (χ0) is 28.1. The van der Waals surface area contributed by atoms with E-state index in [1.807, 2.05) is 87.2 Å². The normalized spacial score (nSPS) is 14.5. The molecule has 0 aromatic heterocycles. The number of nitrogens with zero attached hydrogens (tertiary/aromatic N) is 3. The number of amides is 2. The standard InChI is InChI=1S/C32H39ClN4O2/c1-22(2)36(23(3)4)32(39)25-10-14-28(15-11-25)37(30-7-5-6-26(20-30)31(34)38)29-16-18-35(19-17-29)21-24-8-12-27(33)13-9-24/h5-15,20,22-23,29H,16-19,21H2,1-4H3,(H2,34,38). The van der Waals surface area contributed by atoms with E-state index in [0.717, 1.165) is 48.9 Å². The van der Waals surface area contributed by atoms with Gasteiger partial charge in [-0.15, -0.1) is 0 Å². The second-order valence-electron chi connectivity index (χ2n) is 10.9. The lowest BCUT2D eigenvalue weighted by Crippen LogP contribution is -2.43. The van der Waals surface area contributed by atoms with Crippen molar-refractivity contribution in [3.8, 4) is 0 Å². The molecule has 1 saturated heterocycles. The summed E-state index contributed by atoms with van der Waals surface area (Å²) in [5, 5.41) is 0.750. The van der Waals surface area contributed by atoms with Crippen LogP contribution < -0.4 is 10.6 Å². The van der Waals surface area contributed by atoms with Crippen LogP contribution in [0.15, 0.2) is 72.8 Å². The van der Waals surface area contributed by atoms with Gasteiger partial charge in [-0.1, -0.05) is 29.8 Å². The van der Waals surface area contributed by atoms with Gasteiger partial charge < -0.3 is 15.5 Å². The number of halogens is 1. The topological polar surface area (TPSA) is 69.9 Å². The van der Waals surface area contributed by atoms with Crippen LogP contribution in [0.1, 0.15) is 66.8 Å². The first-order valence-electron chi connectivity index (χ1n) is 13.7. The number of anilines is 2. The largest absolute Gasteiger partial charge is 0.366 e. The van der Waals surface area contributed by atoms with Crippen molar-refractivity contribution in [1.29, 1.82) is 0 Å². The van der Waals surface area contributed by atoms with Gasteiger partial charge >= 0.3 is 0 Å². The molecule has 1 aliphatic heterocycles. The van der Waals surface area contributed by atoms with Gasteiger partial charge in [0.2, 0.25) is 5.91 Å². The molecule has 0 radical (unpaired) electrons. The number of carbonyl (C=O) groups excluding carboxylic acids is 2. The highest BCUT2D eigenvalue weighted by molar-refractivity contribution is 6.30. The Balaban J connectivity index is 1.58. The van der Waals surface area contributed by atoms with Gasteiger partial charge in [0.1, 0.15) is 0 Å². The van der Waals surface area contributed by atoms with Crippen molar-refractivity contribution in [1.82, 2.24) is 9.80 Å². The molecule has 0 bridgehead atoms. The lowest BCUT2D eigenvalue weighted by Gasteiger charge is -2.40. The number of primary amides is 1. The fraction of sp³-hybridized carbons (Fsp3) is 0.375. The predicted octanol–water partition coefficient (Wildman–Crippen LogP) is 6.50. The summed E-state index contributed by atoms with van der Waals surface area (Å²) in [6.45, 7) is 11.0. The molecule has 0 aliphatic carbocycles. The maximum atomic E-state index is 13.3. The highest BCUT2D eigenvalue weighted by atomic mass is 35.5. The maximum Gasteiger partial charge on any atom is 0.254 e. The van der Waals surface area contributed by atoms with Gasteiger partial charge in [-0.3, -0.25) is 14.5 Å². The van der Waals surface area contributed by atoms with E-state index < -0.39 is 5.91 Å². The van der Waals surface area contributed by atoms with E-state index >= 15 is 0 Å². The van der Waals surface area contributed by atoms with E-state index in [2.05, 4.69) is 21.9 Å². The van der Waals surface area contributed by atoms with Crippen LogP contribution in [0.5, 0.6) is 0 Å². The van der Waals surface area contributed by atoms with Crippen molar-refractivity contribution in [3.63, 3.8) is 0 Å². The van der Waals surface area contributed by atoms with Crippen molar-refractivity contribution in [2.75, 3.05) is 18.0 Å². The molecule has 1 heterocycles. The Morgan fingerprint density at radius 3 is 2.05 bits per heavy atom. The van der Waals surface area contributed by atoms with Gasteiger partial charge in [-0.25, -0.2) is 0 Å². The Bertz CT molecular complexity index is 1260. The second-order valence-corrected chi connectivity index (χ2v) is 11.3. The smallest absolute Gasteiger partial charge is 0.254 e. The van der Waals surface area contributed by atoms with Crippen molar-refractivity contribution >= 4 is 34.8 Å². The third-order valence-corrected chi connectivity index (χ3v) is 7.64. The number of likely N-dealkylation sites (tertiary alicyclic amines) is 1. The summed E-state index contributed by atoms with van der Waals surface area (Å²) in [5.41, 5.74) is 9.93. The third-order valence-electron chi connectivity index (χ3n) is 7.39. The predicted molar refractivity (Wildman–Crippen MR) is 160 cm³/mol. The number of benzene rings is 3. The molecule has 2 N–H and O–H groups in total. The molecule has 1 aliphatic rings. The van der Waals surface area contributed by atoms with Gasteiger partial charge in [0.25, 0.3) is 5.91 Å². The first-order valence-corrected chi connectivity index (χ1v) is 14.1.